The lowest BCUT2D eigenvalue weighted by molar-refractivity contribution is 0.174. The van der Waals surface area contributed by atoms with E-state index < -0.39 is 0 Å². The van der Waals surface area contributed by atoms with Crippen LogP contribution < -0.4 is 5.56 Å². The average molecular weight is 276 g/mol. The predicted molar refractivity (Wildman–Crippen MR) is 77.0 cm³/mol. The van der Waals surface area contributed by atoms with Gasteiger partial charge < -0.3 is 9.72 Å². The number of nitrogens with zero attached hydrogens (tertiary/aromatic N) is 1. The molecule has 4 nitrogen and oxygen atoms in total. The van der Waals surface area contributed by atoms with Gasteiger partial charge in [-0.15, -0.1) is 0 Å². The number of H-pyrrole nitrogens is 1. The second-order valence-corrected chi connectivity index (χ2v) is 5.40. The molecule has 3 rings (SSSR count). The summed E-state index contributed by atoms with van der Waals surface area (Å²) >= 11 is 5.35. The summed E-state index contributed by atoms with van der Waals surface area (Å²) in [5, 5.41) is 0.682. The molecular formula is C14H16N2O2S. The monoisotopic (exact) mass is 276 g/mol. The molecule has 2 atom stereocenters. The molecule has 0 spiro atoms. The molecule has 5 heteroatoms. The molecule has 1 aromatic heterocycles. The Bertz CT molecular complexity index is 713. The average Bonchev–Trinajstić information content (AvgIpc) is 2.92. The van der Waals surface area contributed by atoms with Gasteiger partial charge in [0, 0.05) is 18.6 Å². The van der Waals surface area contributed by atoms with Crippen LogP contribution in [0.5, 0.6) is 0 Å². The summed E-state index contributed by atoms with van der Waals surface area (Å²) in [5.41, 5.74) is 0.780. The largest absolute Gasteiger partial charge is 0.381 e. The van der Waals surface area contributed by atoms with E-state index in [0.717, 1.165) is 18.5 Å². The number of benzene rings is 1. The van der Waals surface area contributed by atoms with Gasteiger partial charge in [-0.05, 0) is 37.7 Å². The number of rotatable bonds is 2. The van der Waals surface area contributed by atoms with E-state index in [4.69, 9.17) is 17.0 Å². The second-order valence-electron chi connectivity index (χ2n) is 5.02. The zero-order chi connectivity index (χ0) is 13.4. The second kappa shape index (κ2) is 4.90. The van der Waals surface area contributed by atoms with Gasteiger partial charge in [0.25, 0.3) is 5.56 Å². The minimum absolute atomic E-state index is 0.0150. The van der Waals surface area contributed by atoms with E-state index in [2.05, 4.69) is 4.98 Å². The third-order valence-electron chi connectivity index (χ3n) is 3.89. The molecule has 0 saturated carbocycles. The van der Waals surface area contributed by atoms with Crippen molar-refractivity contribution >= 4 is 23.1 Å². The first kappa shape index (κ1) is 12.6. The quantitative estimate of drug-likeness (QED) is 0.858. The number of hydrogen-bond acceptors (Lipinski definition) is 3. The Balaban J connectivity index is 2.18. The molecule has 1 saturated heterocycles. The fourth-order valence-electron chi connectivity index (χ4n) is 2.69. The van der Waals surface area contributed by atoms with Gasteiger partial charge in [0.2, 0.25) is 0 Å². The van der Waals surface area contributed by atoms with Crippen molar-refractivity contribution in [3.8, 4) is 0 Å². The van der Waals surface area contributed by atoms with Crippen LogP contribution in [0.1, 0.15) is 19.4 Å². The van der Waals surface area contributed by atoms with E-state index in [-0.39, 0.29) is 11.6 Å². The van der Waals surface area contributed by atoms with E-state index in [0.29, 0.717) is 22.7 Å². The van der Waals surface area contributed by atoms with Gasteiger partial charge in [0.05, 0.1) is 17.5 Å². The van der Waals surface area contributed by atoms with Crippen LogP contribution in [0.3, 0.4) is 0 Å². The fraction of sp³-hybridized carbons (Fsp3) is 0.429. The Kier molecular flexibility index (Phi) is 3.24. The first-order valence-corrected chi connectivity index (χ1v) is 6.90. The van der Waals surface area contributed by atoms with Crippen molar-refractivity contribution in [1.29, 1.82) is 0 Å². The SMILES string of the molecule is CC(C1CCOC1)n1c(=S)[nH]c2ccccc2c1=O. The highest BCUT2D eigenvalue weighted by atomic mass is 32.1. The molecule has 2 heterocycles. The Labute approximate surface area is 116 Å². The molecule has 0 amide bonds. The van der Waals surface area contributed by atoms with Crippen molar-refractivity contribution in [3.63, 3.8) is 0 Å². The van der Waals surface area contributed by atoms with Crippen LogP contribution in [-0.2, 0) is 4.74 Å². The number of hydrogen-bond donors (Lipinski definition) is 1. The van der Waals surface area contributed by atoms with E-state index in [1.54, 1.807) is 4.57 Å². The summed E-state index contributed by atoms with van der Waals surface area (Å²) < 4.78 is 7.59. The lowest BCUT2D eigenvalue weighted by atomic mass is 10.0. The van der Waals surface area contributed by atoms with E-state index >= 15 is 0 Å². The molecule has 1 aliphatic heterocycles. The molecule has 0 bridgehead atoms. The fourth-order valence-corrected chi connectivity index (χ4v) is 3.05. The number of ether oxygens (including phenoxy) is 1. The zero-order valence-electron chi connectivity index (χ0n) is 10.8. The van der Waals surface area contributed by atoms with Gasteiger partial charge in [-0.3, -0.25) is 9.36 Å². The molecule has 1 fully saturated rings. The van der Waals surface area contributed by atoms with Crippen molar-refractivity contribution in [1.82, 2.24) is 9.55 Å². The number of para-hydroxylation sites is 1. The minimum Gasteiger partial charge on any atom is -0.381 e. The number of nitrogens with one attached hydrogen (secondary N) is 1. The van der Waals surface area contributed by atoms with Crippen LogP contribution in [-0.4, -0.2) is 22.8 Å². The number of fused-ring (bicyclic) bond motifs is 1. The van der Waals surface area contributed by atoms with E-state index in [9.17, 15) is 4.79 Å². The molecule has 0 radical (unpaired) electrons. The Morgan fingerprint density at radius 1 is 1.47 bits per heavy atom. The smallest absolute Gasteiger partial charge is 0.262 e. The van der Waals surface area contributed by atoms with Crippen molar-refractivity contribution in [2.24, 2.45) is 5.92 Å². The summed E-state index contributed by atoms with van der Waals surface area (Å²) in [7, 11) is 0. The maximum atomic E-state index is 12.6. The van der Waals surface area contributed by atoms with Gasteiger partial charge in [0.15, 0.2) is 4.77 Å². The molecule has 19 heavy (non-hydrogen) atoms. The molecular weight excluding hydrogens is 260 g/mol. The van der Waals surface area contributed by atoms with Crippen LogP contribution in [0.4, 0.5) is 0 Å². The summed E-state index contributed by atoms with van der Waals surface area (Å²) in [4.78, 5) is 15.7. The third kappa shape index (κ3) is 2.13. The summed E-state index contributed by atoms with van der Waals surface area (Å²) in [5.74, 6) is 0.356. The van der Waals surface area contributed by atoms with Crippen molar-refractivity contribution in [2.75, 3.05) is 13.2 Å². The first-order chi connectivity index (χ1) is 9.18. The van der Waals surface area contributed by atoms with Gasteiger partial charge in [-0.1, -0.05) is 12.1 Å². The predicted octanol–water partition coefficient (Wildman–Crippen LogP) is 2.66. The zero-order valence-corrected chi connectivity index (χ0v) is 11.6. The van der Waals surface area contributed by atoms with E-state index in [1.807, 2.05) is 31.2 Å². The summed E-state index contributed by atoms with van der Waals surface area (Å²) in [6.07, 6.45) is 0.981. The Morgan fingerprint density at radius 2 is 2.26 bits per heavy atom. The standard InChI is InChI=1S/C14H16N2O2S/c1-9(10-6-7-18-8-10)16-13(17)11-4-2-3-5-12(11)15-14(16)19/h2-5,9-10H,6-8H2,1H3,(H,15,19). The number of aromatic nitrogens is 2. The van der Waals surface area contributed by atoms with Gasteiger partial charge in [-0.25, -0.2) is 0 Å². The first-order valence-electron chi connectivity index (χ1n) is 6.50. The van der Waals surface area contributed by atoms with Gasteiger partial charge in [-0.2, -0.15) is 0 Å². The summed E-state index contributed by atoms with van der Waals surface area (Å²) in [6.45, 7) is 3.52. The van der Waals surface area contributed by atoms with Crippen LogP contribution in [0.15, 0.2) is 29.1 Å². The van der Waals surface area contributed by atoms with Crippen LogP contribution in [0, 0.1) is 10.7 Å². The maximum absolute atomic E-state index is 12.6. The van der Waals surface area contributed by atoms with Crippen molar-refractivity contribution in [3.05, 3.63) is 39.4 Å². The van der Waals surface area contributed by atoms with Crippen LogP contribution in [0.25, 0.3) is 10.9 Å². The van der Waals surface area contributed by atoms with Crippen LogP contribution >= 0.6 is 12.2 Å². The van der Waals surface area contributed by atoms with Crippen molar-refractivity contribution in [2.45, 2.75) is 19.4 Å². The molecule has 1 aromatic carbocycles. The number of aromatic amines is 1. The minimum atomic E-state index is -0.0150. The van der Waals surface area contributed by atoms with Gasteiger partial charge in [0.1, 0.15) is 0 Å². The molecule has 2 aromatic rings. The Morgan fingerprint density at radius 3 is 3.00 bits per heavy atom. The molecule has 100 valence electrons. The highest BCUT2D eigenvalue weighted by Crippen LogP contribution is 2.25. The highest BCUT2D eigenvalue weighted by molar-refractivity contribution is 7.71. The Hall–Kier alpha value is -1.46. The third-order valence-corrected chi connectivity index (χ3v) is 4.19. The maximum Gasteiger partial charge on any atom is 0.262 e. The molecule has 1 aliphatic rings. The molecule has 1 N–H and O–H groups in total. The van der Waals surface area contributed by atoms with Gasteiger partial charge >= 0.3 is 0 Å². The summed E-state index contributed by atoms with van der Waals surface area (Å²) in [6, 6.07) is 7.53. The topological polar surface area (TPSA) is 47.0 Å². The van der Waals surface area contributed by atoms with Crippen LogP contribution in [0.2, 0.25) is 0 Å². The molecule has 0 aliphatic carbocycles. The van der Waals surface area contributed by atoms with E-state index in [1.165, 1.54) is 0 Å². The highest BCUT2D eigenvalue weighted by Gasteiger charge is 2.25. The van der Waals surface area contributed by atoms with Crippen molar-refractivity contribution < 1.29 is 4.74 Å². The lowest BCUT2D eigenvalue weighted by Gasteiger charge is -2.20. The molecule has 2 unspecified atom stereocenters. The lowest BCUT2D eigenvalue weighted by Crippen LogP contribution is -2.29. The normalized spacial score (nSPS) is 20.8.